The maximum Gasteiger partial charge on any atom is 0.310 e. The normalized spacial score (nSPS) is 42.3. The van der Waals surface area contributed by atoms with Gasteiger partial charge in [-0.2, -0.15) is 0 Å². The summed E-state index contributed by atoms with van der Waals surface area (Å²) in [6.45, 7) is 8.85. The van der Waals surface area contributed by atoms with Crippen LogP contribution in [-0.2, 0) is 19.1 Å². The van der Waals surface area contributed by atoms with Gasteiger partial charge in [-0.15, -0.1) is 0 Å². The van der Waals surface area contributed by atoms with E-state index in [4.69, 9.17) is 9.47 Å². The van der Waals surface area contributed by atoms with Gasteiger partial charge in [0.1, 0.15) is 0 Å². The molecular formula is C25H38O4. The lowest BCUT2D eigenvalue weighted by atomic mass is 9.47. The maximum atomic E-state index is 12.0. The Kier molecular flexibility index (Phi) is 5.69. The van der Waals surface area contributed by atoms with E-state index in [-0.39, 0.29) is 35.6 Å². The molecule has 0 aromatic carbocycles. The van der Waals surface area contributed by atoms with E-state index in [1.165, 1.54) is 31.3 Å². The summed E-state index contributed by atoms with van der Waals surface area (Å²) in [6, 6.07) is 0. The summed E-state index contributed by atoms with van der Waals surface area (Å²) < 4.78 is 11.6. The second-order valence-corrected chi connectivity index (χ2v) is 10.6. The zero-order chi connectivity index (χ0) is 20.8. The number of ketones is 1. The summed E-state index contributed by atoms with van der Waals surface area (Å²) in [5.41, 5.74) is 1.84. The van der Waals surface area contributed by atoms with E-state index >= 15 is 0 Å². The van der Waals surface area contributed by atoms with Crippen LogP contribution in [0.3, 0.4) is 0 Å². The third kappa shape index (κ3) is 3.49. The molecule has 0 heterocycles. The molecule has 0 spiro atoms. The molecule has 0 N–H and O–H groups in total. The number of ether oxygens (including phenoxy) is 2. The van der Waals surface area contributed by atoms with Crippen LogP contribution in [0.2, 0.25) is 0 Å². The molecule has 7 atom stereocenters. The van der Waals surface area contributed by atoms with Crippen LogP contribution in [-0.4, -0.2) is 24.6 Å². The molecule has 4 aliphatic rings. The summed E-state index contributed by atoms with van der Waals surface area (Å²) >= 11 is 0. The summed E-state index contributed by atoms with van der Waals surface area (Å²) in [5, 5.41) is 0. The van der Waals surface area contributed by atoms with Crippen molar-refractivity contribution in [3.8, 4) is 0 Å². The van der Waals surface area contributed by atoms with Crippen LogP contribution < -0.4 is 0 Å². The molecule has 4 aliphatic carbocycles. The van der Waals surface area contributed by atoms with E-state index in [0.717, 1.165) is 38.0 Å². The Morgan fingerprint density at radius 1 is 1.14 bits per heavy atom. The number of esters is 1. The molecule has 4 heteroatoms. The second kappa shape index (κ2) is 7.83. The predicted molar refractivity (Wildman–Crippen MR) is 112 cm³/mol. The molecule has 162 valence electrons. The molecule has 0 amide bonds. The Balaban J connectivity index is 1.43. The van der Waals surface area contributed by atoms with Gasteiger partial charge < -0.3 is 9.47 Å². The highest BCUT2D eigenvalue weighted by Crippen LogP contribution is 2.65. The quantitative estimate of drug-likeness (QED) is 0.453. The first-order valence-corrected chi connectivity index (χ1v) is 11.8. The Morgan fingerprint density at radius 3 is 2.69 bits per heavy atom. The Morgan fingerprint density at radius 2 is 1.93 bits per heavy atom. The van der Waals surface area contributed by atoms with E-state index < -0.39 is 0 Å². The van der Waals surface area contributed by atoms with Gasteiger partial charge >= 0.3 is 5.97 Å². The highest BCUT2D eigenvalue weighted by atomic mass is 16.7. The molecule has 0 aliphatic heterocycles. The zero-order valence-corrected chi connectivity index (χ0v) is 18.7. The average Bonchev–Trinajstić information content (AvgIpc) is 3.04. The van der Waals surface area contributed by atoms with Crippen molar-refractivity contribution in [2.75, 3.05) is 6.79 Å². The van der Waals surface area contributed by atoms with Crippen molar-refractivity contribution in [2.45, 2.75) is 91.6 Å². The molecule has 3 fully saturated rings. The number of allylic oxidation sites excluding steroid dienone is 1. The predicted octanol–water partition coefficient (Wildman–Crippen LogP) is 5.45. The fourth-order valence-electron chi connectivity index (χ4n) is 7.27. The molecule has 0 radical (unpaired) electrons. The van der Waals surface area contributed by atoms with E-state index in [2.05, 4.69) is 13.8 Å². The van der Waals surface area contributed by atoms with Gasteiger partial charge in [0, 0.05) is 6.42 Å². The SMILES string of the molecule is CCC(C)C(=O)OCO[C@H]1CCC2[C@@H]3CCC4=CC(=O)CC[C@]4(C)C3CC[C@@]21C. The standard InChI is InChI=1S/C25H38O4/c1-5-16(2)23(27)29-15-28-22-9-8-20-19-7-6-17-14-18(26)10-12-24(17,3)21(19)11-13-25(20,22)4/h14,16,19-22H,5-13,15H2,1-4H3/t16?,19-,20?,21?,22-,24-,25-/m0/s1. The van der Waals surface area contributed by atoms with E-state index in [0.29, 0.717) is 17.6 Å². The van der Waals surface area contributed by atoms with Crippen LogP contribution >= 0.6 is 0 Å². The van der Waals surface area contributed by atoms with Gasteiger partial charge in [-0.1, -0.05) is 33.3 Å². The van der Waals surface area contributed by atoms with Crippen molar-refractivity contribution < 1.29 is 19.1 Å². The Labute approximate surface area is 175 Å². The molecule has 4 nitrogen and oxygen atoms in total. The fourth-order valence-corrected chi connectivity index (χ4v) is 7.27. The minimum absolute atomic E-state index is 0.0615. The first-order chi connectivity index (χ1) is 13.8. The van der Waals surface area contributed by atoms with Crippen molar-refractivity contribution in [2.24, 2.45) is 34.5 Å². The van der Waals surface area contributed by atoms with Crippen LogP contribution in [0.15, 0.2) is 11.6 Å². The molecule has 3 saturated carbocycles. The van der Waals surface area contributed by atoms with Crippen LogP contribution in [0.1, 0.15) is 85.5 Å². The smallest absolute Gasteiger partial charge is 0.310 e. The van der Waals surface area contributed by atoms with Crippen molar-refractivity contribution in [3.63, 3.8) is 0 Å². The fraction of sp³-hybridized carbons (Fsp3) is 0.840. The molecular weight excluding hydrogens is 364 g/mol. The number of fused-ring (bicyclic) bond motifs is 5. The first kappa shape index (κ1) is 21.1. The van der Waals surface area contributed by atoms with E-state index in [1.54, 1.807) is 0 Å². The third-order valence-electron chi connectivity index (χ3n) is 9.36. The lowest BCUT2D eigenvalue weighted by Gasteiger charge is -2.58. The first-order valence-electron chi connectivity index (χ1n) is 11.8. The minimum atomic E-state index is -0.151. The largest absolute Gasteiger partial charge is 0.438 e. The summed E-state index contributed by atoms with van der Waals surface area (Å²) in [5.74, 6) is 2.25. The van der Waals surface area contributed by atoms with Crippen molar-refractivity contribution in [1.82, 2.24) is 0 Å². The van der Waals surface area contributed by atoms with Gasteiger partial charge in [0.25, 0.3) is 0 Å². The topological polar surface area (TPSA) is 52.6 Å². The molecule has 0 saturated heterocycles. The van der Waals surface area contributed by atoms with Crippen LogP contribution in [0.4, 0.5) is 0 Å². The van der Waals surface area contributed by atoms with Gasteiger partial charge in [0.15, 0.2) is 12.6 Å². The van der Waals surface area contributed by atoms with Gasteiger partial charge in [-0.05, 0) is 86.0 Å². The molecule has 3 unspecified atom stereocenters. The molecule has 29 heavy (non-hydrogen) atoms. The molecule has 0 aromatic rings. The van der Waals surface area contributed by atoms with Crippen molar-refractivity contribution >= 4 is 11.8 Å². The number of carbonyl (C=O) groups excluding carboxylic acids is 2. The van der Waals surface area contributed by atoms with Gasteiger partial charge in [0.2, 0.25) is 0 Å². The van der Waals surface area contributed by atoms with Gasteiger partial charge in [0.05, 0.1) is 12.0 Å². The lowest BCUT2D eigenvalue weighted by molar-refractivity contribution is -0.175. The van der Waals surface area contributed by atoms with Crippen molar-refractivity contribution in [3.05, 3.63) is 11.6 Å². The lowest BCUT2D eigenvalue weighted by Crippen LogP contribution is -2.51. The van der Waals surface area contributed by atoms with Gasteiger partial charge in [-0.25, -0.2) is 0 Å². The second-order valence-electron chi connectivity index (χ2n) is 10.6. The number of carbonyl (C=O) groups is 2. The highest BCUT2D eigenvalue weighted by molar-refractivity contribution is 5.91. The average molecular weight is 403 g/mol. The Bertz CT molecular complexity index is 697. The van der Waals surface area contributed by atoms with Crippen LogP contribution in [0, 0.1) is 34.5 Å². The molecule has 0 bridgehead atoms. The molecule has 0 aromatic heterocycles. The van der Waals surface area contributed by atoms with Crippen molar-refractivity contribution in [1.29, 1.82) is 0 Å². The Hall–Kier alpha value is -1.16. The monoisotopic (exact) mass is 402 g/mol. The van der Waals surface area contributed by atoms with E-state index in [9.17, 15) is 9.59 Å². The summed E-state index contributed by atoms with van der Waals surface area (Å²) in [7, 11) is 0. The number of rotatable bonds is 5. The van der Waals surface area contributed by atoms with Crippen LogP contribution in [0.25, 0.3) is 0 Å². The minimum Gasteiger partial charge on any atom is -0.438 e. The maximum absolute atomic E-state index is 12.0. The number of hydrogen-bond acceptors (Lipinski definition) is 4. The number of hydrogen-bond donors (Lipinski definition) is 0. The third-order valence-corrected chi connectivity index (χ3v) is 9.36. The molecule has 4 rings (SSSR count). The highest BCUT2D eigenvalue weighted by Gasteiger charge is 2.59. The summed E-state index contributed by atoms with van der Waals surface area (Å²) in [6.07, 6.45) is 11.7. The van der Waals surface area contributed by atoms with E-state index in [1.807, 2.05) is 19.9 Å². The summed E-state index contributed by atoms with van der Waals surface area (Å²) in [4.78, 5) is 23.9. The van der Waals surface area contributed by atoms with Gasteiger partial charge in [-0.3, -0.25) is 9.59 Å². The zero-order valence-electron chi connectivity index (χ0n) is 18.7. The van der Waals surface area contributed by atoms with Crippen LogP contribution in [0.5, 0.6) is 0 Å².